The molecule has 3 aromatic rings. The second kappa shape index (κ2) is 15.3. The summed E-state index contributed by atoms with van der Waals surface area (Å²) in [6.07, 6.45) is 2.24. The van der Waals surface area contributed by atoms with Crippen LogP contribution in [0.5, 0.6) is 5.75 Å². The van der Waals surface area contributed by atoms with Crippen LogP contribution in [0.4, 0.5) is 14.5 Å². The number of carbonyl (C=O) groups is 2. The first-order chi connectivity index (χ1) is 23.2. The van der Waals surface area contributed by atoms with Crippen LogP contribution in [0.1, 0.15) is 67.4 Å². The minimum absolute atomic E-state index is 0.0224. The molecule has 0 saturated carbocycles. The summed E-state index contributed by atoms with van der Waals surface area (Å²) in [5.74, 6) is -3.46. The third kappa shape index (κ3) is 8.05. The van der Waals surface area contributed by atoms with Crippen LogP contribution in [0, 0.1) is 23.0 Å². The SMILES string of the molecule is COc1cc(C(=O)O)ccc1NC(=O)[C@@H]1N[C@@H](CC(C)(C)C)[C@](CNCC2CCOCC2)(c2ccc(Cl)cc2F)[C@H]1c1cccc(Cl)c1F. The third-order valence-corrected chi connectivity index (χ3v) is 10.2. The molecular formula is C37H43Cl2F2N3O5. The molecule has 0 radical (unpaired) electrons. The normalized spacial score (nSPS) is 23.0. The number of methoxy groups -OCH3 is 1. The van der Waals surface area contributed by atoms with Gasteiger partial charge in [-0.25, -0.2) is 13.6 Å². The van der Waals surface area contributed by atoms with Crippen LogP contribution in [0.2, 0.25) is 10.0 Å². The van der Waals surface area contributed by atoms with Gasteiger partial charge in [-0.15, -0.1) is 0 Å². The predicted molar refractivity (Wildman–Crippen MR) is 187 cm³/mol. The number of aromatic carboxylic acids is 1. The summed E-state index contributed by atoms with van der Waals surface area (Å²) in [7, 11) is 1.37. The summed E-state index contributed by atoms with van der Waals surface area (Å²) in [6.45, 7) is 8.32. The molecule has 0 aliphatic carbocycles. The number of hydrogen-bond acceptors (Lipinski definition) is 6. The Morgan fingerprint density at radius 2 is 1.82 bits per heavy atom. The Labute approximate surface area is 295 Å². The number of hydrogen-bond donors (Lipinski definition) is 4. The van der Waals surface area contributed by atoms with Crippen molar-refractivity contribution in [1.82, 2.24) is 10.6 Å². The molecule has 2 fully saturated rings. The van der Waals surface area contributed by atoms with Crippen LogP contribution in [0.25, 0.3) is 0 Å². The van der Waals surface area contributed by atoms with E-state index in [1.807, 2.05) is 0 Å². The molecule has 0 aromatic heterocycles. The zero-order valence-corrected chi connectivity index (χ0v) is 29.6. The van der Waals surface area contributed by atoms with Gasteiger partial charge >= 0.3 is 5.97 Å². The van der Waals surface area contributed by atoms with Crippen LogP contribution in [-0.2, 0) is 14.9 Å². The van der Waals surface area contributed by atoms with Gasteiger partial charge in [0.1, 0.15) is 17.4 Å². The van der Waals surface area contributed by atoms with E-state index >= 15 is 8.78 Å². The lowest BCUT2D eigenvalue weighted by molar-refractivity contribution is -0.118. The number of benzene rings is 3. The minimum Gasteiger partial charge on any atom is -0.495 e. The molecular weight excluding hydrogens is 675 g/mol. The lowest BCUT2D eigenvalue weighted by Crippen LogP contribution is -2.52. The standard InChI is InChI=1S/C37H43Cl2F2N3O5/c1-36(2,3)18-30-37(25-10-9-23(38)17-27(25)40,20-42-19-21-12-14-49-15-13-21)31(24-6-5-7-26(39)32(24)41)33(44-30)34(45)43-28-11-8-22(35(46)47)16-29(28)48-4/h5-11,16-17,21,30-31,33,42,44H,12-15,18-20H2,1-4H3,(H,43,45)(H,46,47)/t30-,31-,33+,37-/m0/s1. The molecule has 2 heterocycles. The first-order valence-electron chi connectivity index (χ1n) is 16.4. The Morgan fingerprint density at radius 3 is 2.47 bits per heavy atom. The number of rotatable bonds is 11. The fraction of sp³-hybridized carbons (Fsp3) is 0.459. The smallest absolute Gasteiger partial charge is 0.335 e. The maximum atomic E-state index is 16.4. The van der Waals surface area contributed by atoms with E-state index < -0.39 is 46.9 Å². The van der Waals surface area contributed by atoms with E-state index in [1.165, 1.54) is 37.4 Å². The molecule has 3 aromatic carbocycles. The van der Waals surface area contributed by atoms with Gasteiger partial charge in [-0.1, -0.05) is 62.2 Å². The number of halogens is 4. The zero-order valence-electron chi connectivity index (χ0n) is 28.0. The topological polar surface area (TPSA) is 109 Å². The maximum Gasteiger partial charge on any atom is 0.335 e. The number of nitrogens with one attached hydrogen (secondary N) is 3. The molecule has 0 unspecified atom stereocenters. The van der Waals surface area contributed by atoms with Crippen molar-refractivity contribution in [2.45, 2.75) is 63.5 Å². The van der Waals surface area contributed by atoms with Gasteiger partial charge in [0.15, 0.2) is 0 Å². The van der Waals surface area contributed by atoms with Gasteiger partial charge in [-0.05, 0) is 84.7 Å². The van der Waals surface area contributed by atoms with Gasteiger partial charge in [-0.2, -0.15) is 0 Å². The fourth-order valence-electron chi connectivity index (χ4n) is 7.40. The number of carboxylic acids is 1. The molecule has 0 bridgehead atoms. The average Bonchev–Trinajstić information content (AvgIpc) is 3.35. The van der Waals surface area contributed by atoms with Crippen LogP contribution in [-0.4, -0.2) is 62.5 Å². The molecule has 0 spiro atoms. The summed E-state index contributed by atoms with van der Waals surface area (Å²) >= 11 is 12.7. The van der Waals surface area contributed by atoms with Crippen molar-refractivity contribution < 1.29 is 33.0 Å². The molecule has 12 heteroatoms. The first kappa shape index (κ1) is 37.0. The molecule has 5 rings (SSSR count). The van der Waals surface area contributed by atoms with E-state index in [9.17, 15) is 14.7 Å². The lowest BCUT2D eigenvalue weighted by atomic mass is 9.61. The van der Waals surface area contributed by atoms with Crippen molar-refractivity contribution in [3.8, 4) is 5.75 Å². The molecule has 2 aliphatic heterocycles. The Morgan fingerprint density at radius 1 is 1.08 bits per heavy atom. The van der Waals surface area contributed by atoms with E-state index in [0.717, 1.165) is 12.8 Å². The molecule has 2 aliphatic rings. The molecule has 2 saturated heterocycles. The van der Waals surface area contributed by atoms with Crippen LogP contribution < -0.4 is 20.7 Å². The van der Waals surface area contributed by atoms with E-state index in [1.54, 1.807) is 24.3 Å². The van der Waals surface area contributed by atoms with Crippen molar-refractivity contribution in [1.29, 1.82) is 0 Å². The second-order valence-corrected chi connectivity index (χ2v) is 15.0. The summed E-state index contributed by atoms with van der Waals surface area (Å²) < 4.78 is 43.8. The van der Waals surface area contributed by atoms with Gasteiger partial charge in [0.25, 0.3) is 0 Å². The summed E-state index contributed by atoms with van der Waals surface area (Å²) in [6, 6.07) is 11.6. The van der Waals surface area contributed by atoms with E-state index in [-0.39, 0.29) is 44.6 Å². The van der Waals surface area contributed by atoms with Gasteiger partial charge in [0.2, 0.25) is 5.91 Å². The Balaban J connectivity index is 1.69. The molecule has 264 valence electrons. The monoisotopic (exact) mass is 717 g/mol. The molecule has 4 N–H and O–H groups in total. The van der Waals surface area contributed by atoms with Crippen LogP contribution >= 0.6 is 23.2 Å². The first-order valence-corrected chi connectivity index (χ1v) is 17.2. The Bertz CT molecular complexity index is 1680. The third-order valence-electron chi connectivity index (χ3n) is 9.64. The lowest BCUT2D eigenvalue weighted by Gasteiger charge is -2.43. The molecule has 49 heavy (non-hydrogen) atoms. The quantitative estimate of drug-likeness (QED) is 0.163. The zero-order chi connectivity index (χ0) is 35.5. The highest BCUT2D eigenvalue weighted by Gasteiger charge is 2.60. The van der Waals surface area contributed by atoms with E-state index in [4.69, 9.17) is 32.7 Å². The molecule has 4 atom stereocenters. The van der Waals surface area contributed by atoms with Gasteiger partial charge in [0, 0.05) is 42.2 Å². The maximum absolute atomic E-state index is 16.4. The highest BCUT2D eigenvalue weighted by Crippen LogP contribution is 2.53. The summed E-state index contributed by atoms with van der Waals surface area (Å²) in [5, 5.41) is 19.6. The Kier molecular flexibility index (Phi) is 11.6. The number of carboxylic acid groups (broad SMARTS) is 1. The number of amides is 1. The average molecular weight is 719 g/mol. The van der Waals surface area contributed by atoms with Crippen molar-refractivity contribution >= 4 is 40.8 Å². The molecule has 8 nitrogen and oxygen atoms in total. The highest BCUT2D eigenvalue weighted by molar-refractivity contribution is 6.31. The van der Waals surface area contributed by atoms with Crippen molar-refractivity contribution in [3.63, 3.8) is 0 Å². The summed E-state index contributed by atoms with van der Waals surface area (Å²) in [5.41, 5.74) is -0.868. The van der Waals surface area contributed by atoms with Gasteiger partial charge < -0.3 is 30.5 Å². The van der Waals surface area contributed by atoms with Crippen LogP contribution in [0.15, 0.2) is 54.6 Å². The summed E-state index contributed by atoms with van der Waals surface area (Å²) in [4.78, 5) is 26.1. The fourth-order valence-corrected chi connectivity index (χ4v) is 7.74. The Hall–Kier alpha value is -3.28. The van der Waals surface area contributed by atoms with Gasteiger partial charge in [0.05, 0.1) is 29.4 Å². The number of carbonyl (C=O) groups excluding carboxylic acids is 1. The number of anilines is 1. The molecule has 1 amide bonds. The predicted octanol–water partition coefficient (Wildman–Crippen LogP) is 7.43. The van der Waals surface area contributed by atoms with Crippen molar-refractivity contribution in [3.05, 3.63) is 93.0 Å². The highest BCUT2D eigenvalue weighted by atomic mass is 35.5. The second-order valence-electron chi connectivity index (χ2n) is 14.1. The number of ether oxygens (including phenoxy) is 2. The van der Waals surface area contributed by atoms with Gasteiger partial charge in [-0.3, -0.25) is 4.79 Å². The van der Waals surface area contributed by atoms with Crippen molar-refractivity contribution in [2.75, 3.05) is 38.7 Å². The van der Waals surface area contributed by atoms with Crippen molar-refractivity contribution in [2.24, 2.45) is 11.3 Å². The largest absolute Gasteiger partial charge is 0.495 e. The van der Waals surface area contributed by atoms with Crippen LogP contribution in [0.3, 0.4) is 0 Å². The van der Waals surface area contributed by atoms with E-state index in [2.05, 4.69) is 36.7 Å². The minimum atomic E-state index is -1.22. The van der Waals surface area contributed by atoms with E-state index in [0.29, 0.717) is 37.7 Å².